The van der Waals surface area contributed by atoms with Gasteiger partial charge in [0.25, 0.3) is 0 Å². The fourth-order valence-corrected chi connectivity index (χ4v) is 4.67. The van der Waals surface area contributed by atoms with Crippen LogP contribution >= 0.6 is 23.3 Å². The number of benzene rings is 2. The first-order valence-corrected chi connectivity index (χ1v) is 10.6. The predicted octanol–water partition coefficient (Wildman–Crippen LogP) is 4.35. The molecular formula is C20H13FN4O3S2. The van der Waals surface area contributed by atoms with Crippen LogP contribution in [0.15, 0.2) is 53.8 Å². The minimum atomic E-state index is -0.308. The van der Waals surface area contributed by atoms with Gasteiger partial charge in [-0.2, -0.15) is 4.37 Å². The molecular weight excluding hydrogens is 427 g/mol. The van der Waals surface area contributed by atoms with Crippen LogP contribution in [-0.4, -0.2) is 32.8 Å². The number of hydrogen-bond donors (Lipinski definition) is 1. The molecule has 0 saturated carbocycles. The van der Waals surface area contributed by atoms with E-state index >= 15 is 0 Å². The van der Waals surface area contributed by atoms with E-state index in [0.29, 0.717) is 33.4 Å². The van der Waals surface area contributed by atoms with Crippen LogP contribution in [0.4, 0.5) is 10.1 Å². The minimum absolute atomic E-state index is 0.171. The van der Waals surface area contributed by atoms with Gasteiger partial charge in [-0.1, -0.05) is 11.8 Å². The summed E-state index contributed by atoms with van der Waals surface area (Å²) < 4.78 is 29.0. The summed E-state index contributed by atoms with van der Waals surface area (Å²) in [6.45, 7) is 0.182. The lowest BCUT2D eigenvalue weighted by Crippen LogP contribution is -2.14. The molecule has 7 nitrogen and oxygen atoms in total. The van der Waals surface area contributed by atoms with Crippen molar-refractivity contribution < 1.29 is 18.7 Å². The van der Waals surface area contributed by atoms with Gasteiger partial charge in [0.05, 0.1) is 5.75 Å². The van der Waals surface area contributed by atoms with Crippen molar-refractivity contribution in [2.24, 2.45) is 0 Å². The van der Waals surface area contributed by atoms with Gasteiger partial charge in [-0.15, -0.1) is 0 Å². The monoisotopic (exact) mass is 440 g/mol. The van der Waals surface area contributed by atoms with Crippen molar-refractivity contribution in [3.63, 3.8) is 0 Å². The number of nitrogens with one attached hydrogen (secondary N) is 1. The molecule has 0 fully saturated rings. The number of fused-ring (bicyclic) bond motifs is 2. The zero-order valence-corrected chi connectivity index (χ0v) is 16.9. The van der Waals surface area contributed by atoms with Crippen LogP contribution in [0.3, 0.4) is 0 Å². The van der Waals surface area contributed by atoms with Crippen LogP contribution < -0.4 is 14.8 Å². The highest BCUT2D eigenvalue weighted by Gasteiger charge is 2.17. The van der Waals surface area contributed by atoms with Crippen molar-refractivity contribution in [3.8, 4) is 22.8 Å². The molecule has 1 aliphatic heterocycles. The molecule has 0 spiro atoms. The number of ether oxygens (including phenoxy) is 2. The molecule has 5 rings (SSSR count). The van der Waals surface area contributed by atoms with Crippen LogP contribution in [0.2, 0.25) is 0 Å². The molecule has 0 radical (unpaired) electrons. The average Bonchev–Trinajstić information content (AvgIpc) is 3.39. The topological polar surface area (TPSA) is 86.2 Å². The van der Waals surface area contributed by atoms with Crippen molar-refractivity contribution >= 4 is 45.1 Å². The smallest absolute Gasteiger partial charge is 0.234 e. The van der Waals surface area contributed by atoms with Gasteiger partial charge in [-0.3, -0.25) is 4.79 Å². The quantitative estimate of drug-likeness (QED) is 0.365. The highest BCUT2D eigenvalue weighted by atomic mass is 32.2. The number of halogens is 1. The molecule has 1 N–H and O–H groups in total. The molecule has 0 bridgehead atoms. The number of carbonyl (C=O) groups excluding carboxylic acids is 1. The van der Waals surface area contributed by atoms with Crippen molar-refractivity contribution in [3.05, 3.63) is 54.6 Å². The van der Waals surface area contributed by atoms with Crippen molar-refractivity contribution in [1.29, 1.82) is 0 Å². The molecule has 0 atom stereocenters. The van der Waals surface area contributed by atoms with E-state index in [1.807, 2.05) is 0 Å². The SMILES string of the molecule is O=C(CSc1ncnc2c(-c3ccc(F)cc3)nsc12)Nc1ccc2c(c1)OCO2. The molecule has 2 aromatic heterocycles. The van der Waals surface area contributed by atoms with Crippen LogP contribution in [-0.2, 0) is 4.79 Å². The summed E-state index contributed by atoms with van der Waals surface area (Å²) in [5.74, 6) is 0.958. The Hall–Kier alpha value is -3.24. The third-order valence-electron chi connectivity index (χ3n) is 4.34. The molecule has 1 aliphatic rings. The Morgan fingerprint density at radius 3 is 2.83 bits per heavy atom. The Kier molecular flexibility index (Phi) is 4.93. The molecule has 0 saturated heterocycles. The van der Waals surface area contributed by atoms with Crippen LogP contribution in [0.5, 0.6) is 11.5 Å². The fourth-order valence-electron chi connectivity index (χ4n) is 2.95. The first-order valence-electron chi connectivity index (χ1n) is 8.86. The minimum Gasteiger partial charge on any atom is -0.454 e. The Balaban J connectivity index is 1.31. The molecule has 3 heterocycles. The highest BCUT2D eigenvalue weighted by molar-refractivity contribution is 8.00. The van der Waals surface area contributed by atoms with Crippen molar-refractivity contribution in [2.45, 2.75) is 5.03 Å². The lowest BCUT2D eigenvalue weighted by atomic mass is 10.1. The van der Waals surface area contributed by atoms with Gasteiger partial charge in [-0.05, 0) is 47.9 Å². The molecule has 150 valence electrons. The van der Waals surface area contributed by atoms with Gasteiger partial charge in [0, 0.05) is 17.3 Å². The predicted molar refractivity (Wildman–Crippen MR) is 113 cm³/mol. The van der Waals surface area contributed by atoms with E-state index in [1.165, 1.54) is 41.8 Å². The molecule has 2 aromatic carbocycles. The third-order valence-corrected chi connectivity index (χ3v) is 6.30. The summed E-state index contributed by atoms with van der Waals surface area (Å²) in [5.41, 5.74) is 2.76. The Bertz CT molecular complexity index is 1250. The summed E-state index contributed by atoms with van der Waals surface area (Å²) in [4.78, 5) is 21.0. The molecule has 0 aliphatic carbocycles. The summed E-state index contributed by atoms with van der Waals surface area (Å²) in [7, 11) is 0. The maximum absolute atomic E-state index is 13.2. The maximum Gasteiger partial charge on any atom is 0.234 e. The van der Waals surface area contributed by atoms with Gasteiger partial charge in [0.15, 0.2) is 11.5 Å². The van der Waals surface area contributed by atoms with E-state index in [9.17, 15) is 9.18 Å². The second-order valence-corrected chi connectivity index (χ2v) is 8.04. The Morgan fingerprint density at radius 1 is 1.13 bits per heavy atom. The summed E-state index contributed by atoms with van der Waals surface area (Å²) in [6.07, 6.45) is 1.45. The van der Waals surface area contributed by atoms with Gasteiger partial charge in [-0.25, -0.2) is 14.4 Å². The van der Waals surface area contributed by atoms with Gasteiger partial charge < -0.3 is 14.8 Å². The average molecular weight is 440 g/mol. The van der Waals surface area contributed by atoms with Crippen LogP contribution in [0.25, 0.3) is 21.5 Å². The first-order chi connectivity index (χ1) is 14.7. The number of hydrogen-bond acceptors (Lipinski definition) is 8. The van der Waals surface area contributed by atoms with Crippen molar-refractivity contribution in [1.82, 2.24) is 14.3 Å². The molecule has 30 heavy (non-hydrogen) atoms. The van der Waals surface area contributed by atoms with Crippen LogP contribution in [0, 0.1) is 5.82 Å². The fraction of sp³-hybridized carbons (Fsp3) is 0.100. The summed E-state index contributed by atoms with van der Waals surface area (Å²) in [5, 5.41) is 3.51. The molecule has 4 aromatic rings. The number of thioether (sulfide) groups is 1. The normalized spacial score (nSPS) is 12.3. The number of carbonyl (C=O) groups is 1. The van der Waals surface area contributed by atoms with E-state index in [0.717, 1.165) is 10.3 Å². The number of nitrogens with zero attached hydrogens (tertiary/aromatic N) is 3. The lowest BCUT2D eigenvalue weighted by Gasteiger charge is -2.06. The largest absolute Gasteiger partial charge is 0.454 e. The zero-order chi connectivity index (χ0) is 20.5. The summed E-state index contributed by atoms with van der Waals surface area (Å²) in [6, 6.07) is 11.3. The van der Waals surface area contributed by atoms with Crippen LogP contribution in [0.1, 0.15) is 0 Å². The maximum atomic E-state index is 13.2. The lowest BCUT2D eigenvalue weighted by molar-refractivity contribution is -0.113. The first kappa shape index (κ1) is 18.8. The Labute approximate surface area is 178 Å². The van der Waals surface area contributed by atoms with E-state index in [4.69, 9.17) is 9.47 Å². The highest BCUT2D eigenvalue weighted by Crippen LogP contribution is 2.35. The van der Waals surface area contributed by atoms with Crippen molar-refractivity contribution in [2.75, 3.05) is 17.9 Å². The van der Waals surface area contributed by atoms with E-state index in [2.05, 4.69) is 19.7 Å². The van der Waals surface area contributed by atoms with Gasteiger partial charge >= 0.3 is 0 Å². The van der Waals surface area contributed by atoms with Gasteiger partial charge in [0.1, 0.15) is 33.1 Å². The number of amides is 1. The Morgan fingerprint density at radius 2 is 1.97 bits per heavy atom. The molecule has 0 unspecified atom stereocenters. The second kappa shape index (κ2) is 7.88. The summed E-state index contributed by atoms with van der Waals surface area (Å²) >= 11 is 2.56. The third kappa shape index (κ3) is 3.66. The molecule has 10 heteroatoms. The van der Waals surface area contributed by atoms with E-state index in [-0.39, 0.29) is 24.3 Å². The number of aromatic nitrogens is 3. The van der Waals surface area contributed by atoms with E-state index in [1.54, 1.807) is 30.3 Å². The number of rotatable bonds is 5. The second-order valence-electron chi connectivity index (χ2n) is 6.30. The zero-order valence-electron chi connectivity index (χ0n) is 15.3. The standard InChI is InChI=1S/C20H13FN4O3S2/c21-12-3-1-11(2-4-12)17-18-19(30-25-17)20(23-9-22-18)29-8-16(26)24-13-5-6-14-15(7-13)28-10-27-14/h1-7,9H,8,10H2,(H,24,26). The van der Waals surface area contributed by atoms with Gasteiger partial charge in [0.2, 0.25) is 12.7 Å². The molecule has 1 amide bonds. The van der Waals surface area contributed by atoms with E-state index < -0.39 is 0 Å². The number of anilines is 1.